The van der Waals surface area contributed by atoms with E-state index in [9.17, 15) is 4.79 Å². The van der Waals surface area contributed by atoms with Crippen molar-refractivity contribution in [1.82, 2.24) is 9.80 Å². The Kier molecular flexibility index (Phi) is 5.36. The van der Waals surface area contributed by atoms with E-state index in [4.69, 9.17) is 17.0 Å². The van der Waals surface area contributed by atoms with E-state index in [-0.39, 0.29) is 12.0 Å². The number of piperazine rings is 1. The molecule has 24 heavy (non-hydrogen) atoms. The monoisotopic (exact) mass is 347 g/mol. The quantitative estimate of drug-likeness (QED) is 0.832. The van der Waals surface area contributed by atoms with Crippen LogP contribution < -0.4 is 5.32 Å². The predicted molar refractivity (Wildman–Crippen MR) is 99.3 cm³/mol. The SMILES string of the molecule is Cc1ccc(C)c(NC(=S)N2CCN(C(=O)[C@H]3CCCO3)CC2)c1. The fourth-order valence-corrected chi connectivity index (χ4v) is 3.46. The summed E-state index contributed by atoms with van der Waals surface area (Å²) < 4.78 is 5.50. The number of nitrogens with zero attached hydrogens (tertiary/aromatic N) is 2. The molecule has 1 amide bonds. The minimum absolute atomic E-state index is 0.139. The Morgan fingerprint density at radius 3 is 2.58 bits per heavy atom. The molecule has 6 heteroatoms. The van der Waals surface area contributed by atoms with Crippen LogP contribution in [0, 0.1) is 13.8 Å². The van der Waals surface area contributed by atoms with Crippen LogP contribution in [0.4, 0.5) is 5.69 Å². The van der Waals surface area contributed by atoms with E-state index in [0.717, 1.165) is 36.7 Å². The predicted octanol–water partition coefficient (Wildman–Crippen LogP) is 2.32. The Morgan fingerprint density at radius 1 is 1.21 bits per heavy atom. The first-order chi connectivity index (χ1) is 11.5. The summed E-state index contributed by atoms with van der Waals surface area (Å²) in [6.07, 6.45) is 1.61. The zero-order valence-corrected chi connectivity index (χ0v) is 15.2. The Labute approximate surface area is 149 Å². The Balaban J connectivity index is 1.53. The molecule has 130 valence electrons. The van der Waals surface area contributed by atoms with Gasteiger partial charge < -0.3 is 19.9 Å². The van der Waals surface area contributed by atoms with Crippen molar-refractivity contribution in [2.45, 2.75) is 32.8 Å². The molecule has 2 aliphatic heterocycles. The van der Waals surface area contributed by atoms with Crippen LogP contribution in [0.25, 0.3) is 0 Å². The summed E-state index contributed by atoms with van der Waals surface area (Å²) in [7, 11) is 0. The summed E-state index contributed by atoms with van der Waals surface area (Å²) in [5, 5.41) is 4.08. The normalized spacial score (nSPS) is 21.0. The minimum atomic E-state index is -0.225. The lowest BCUT2D eigenvalue weighted by Crippen LogP contribution is -2.53. The number of carbonyl (C=O) groups is 1. The van der Waals surface area contributed by atoms with Crippen LogP contribution in [0.3, 0.4) is 0 Å². The molecule has 1 aromatic carbocycles. The molecule has 2 heterocycles. The lowest BCUT2D eigenvalue weighted by atomic mass is 10.1. The van der Waals surface area contributed by atoms with Crippen molar-refractivity contribution in [3.8, 4) is 0 Å². The number of thiocarbonyl (C=S) groups is 1. The molecule has 0 radical (unpaired) electrons. The molecule has 2 saturated heterocycles. The summed E-state index contributed by atoms with van der Waals surface area (Å²) in [5.41, 5.74) is 3.44. The van der Waals surface area contributed by atoms with Gasteiger partial charge in [0.25, 0.3) is 5.91 Å². The van der Waals surface area contributed by atoms with Crippen LogP contribution in [0.1, 0.15) is 24.0 Å². The van der Waals surface area contributed by atoms with Gasteiger partial charge in [0.2, 0.25) is 0 Å². The number of benzene rings is 1. The first-order valence-corrected chi connectivity index (χ1v) is 8.99. The summed E-state index contributed by atoms with van der Waals surface area (Å²) in [6, 6.07) is 6.30. The topological polar surface area (TPSA) is 44.8 Å². The molecular weight excluding hydrogens is 322 g/mol. The zero-order chi connectivity index (χ0) is 17.1. The summed E-state index contributed by atoms with van der Waals surface area (Å²) in [5.74, 6) is 0.139. The molecular formula is C18H25N3O2S. The van der Waals surface area contributed by atoms with E-state index in [2.05, 4.69) is 42.3 Å². The van der Waals surface area contributed by atoms with Gasteiger partial charge in [0.05, 0.1) is 0 Å². The molecule has 1 atom stereocenters. The standard InChI is InChI=1S/C18H25N3O2S/c1-13-5-6-14(2)15(12-13)19-18(24)21-9-7-20(8-10-21)17(22)16-4-3-11-23-16/h5-6,12,16H,3-4,7-11H2,1-2H3,(H,19,24)/t16-/m1/s1. The molecule has 0 bridgehead atoms. The van der Waals surface area contributed by atoms with Crippen LogP contribution in [0.5, 0.6) is 0 Å². The Hall–Kier alpha value is -1.66. The van der Waals surface area contributed by atoms with Crippen LogP contribution in [0.2, 0.25) is 0 Å². The van der Waals surface area contributed by atoms with Crippen LogP contribution in [-0.2, 0) is 9.53 Å². The van der Waals surface area contributed by atoms with Gasteiger partial charge in [-0.3, -0.25) is 4.79 Å². The third-order valence-electron chi connectivity index (χ3n) is 4.72. The lowest BCUT2D eigenvalue weighted by Gasteiger charge is -2.37. The van der Waals surface area contributed by atoms with Gasteiger partial charge in [-0.2, -0.15) is 0 Å². The van der Waals surface area contributed by atoms with Crippen LogP contribution in [0.15, 0.2) is 18.2 Å². The maximum Gasteiger partial charge on any atom is 0.251 e. The number of rotatable bonds is 2. The molecule has 0 aliphatic carbocycles. The van der Waals surface area contributed by atoms with Gasteiger partial charge in [-0.05, 0) is 56.1 Å². The zero-order valence-electron chi connectivity index (χ0n) is 14.4. The van der Waals surface area contributed by atoms with Gasteiger partial charge in [-0.25, -0.2) is 0 Å². The second kappa shape index (κ2) is 7.49. The van der Waals surface area contributed by atoms with Gasteiger partial charge in [-0.15, -0.1) is 0 Å². The van der Waals surface area contributed by atoms with Crippen molar-refractivity contribution in [3.05, 3.63) is 29.3 Å². The van der Waals surface area contributed by atoms with Crippen LogP contribution >= 0.6 is 12.2 Å². The van der Waals surface area contributed by atoms with Gasteiger partial charge in [0, 0.05) is 38.5 Å². The molecule has 1 aromatic rings. The fourth-order valence-electron chi connectivity index (χ4n) is 3.17. The molecule has 2 fully saturated rings. The van der Waals surface area contributed by atoms with Gasteiger partial charge in [-0.1, -0.05) is 12.1 Å². The van der Waals surface area contributed by atoms with Gasteiger partial charge >= 0.3 is 0 Å². The molecule has 3 rings (SSSR count). The Morgan fingerprint density at radius 2 is 1.92 bits per heavy atom. The van der Waals surface area contributed by atoms with E-state index in [0.29, 0.717) is 19.7 Å². The summed E-state index contributed by atoms with van der Waals surface area (Å²) in [4.78, 5) is 16.4. The van der Waals surface area contributed by atoms with Crippen molar-refractivity contribution in [2.24, 2.45) is 0 Å². The molecule has 5 nitrogen and oxygen atoms in total. The summed E-state index contributed by atoms with van der Waals surface area (Å²) in [6.45, 7) is 7.77. The minimum Gasteiger partial charge on any atom is -0.368 e. The molecule has 0 saturated carbocycles. The second-order valence-corrected chi connectivity index (χ2v) is 6.95. The number of hydrogen-bond donors (Lipinski definition) is 1. The smallest absolute Gasteiger partial charge is 0.251 e. The highest BCUT2D eigenvalue weighted by Crippen LogP contribution is 2.19. The average molecular weight is 347 g/mol. The number of hydrogen-bond acceptors (Lipinski definition) is 3. The van der Waals surface area contributed by atoms with Crippen LogP contribution in [-0.4, -0.2) is 59.7 Å². The third kappa shape index (κ3) is 3.87. The maximum atomic E-state index is 12.4. The molecule has 0 aromatic heterocycles. The second-order valence-electron chi connectivity index (χ2n) is 6.56. The highest BCUT2D eigenvalue weighted by molar-refractivity contribution is 7.80. The highest BCUT2D eigenvalue weighted by Gasteiger charge is 2.30. The first-order valence-electron chi connectivity index (χ1n) is 8.58. The van der Waals surface area contributed by atoms with E-state index in [1.807, 2.05) is 4.90 Å². The molecule has 1 N–H and O–H groups in total. The summed E-state index contributed by atoms with van der Waals surface area (Å²) >= 11 is 5.56. The number of ether oxygens (including phenoxy) is 1. The van der Waals surface area contributed by atoms with Crippen molar-refractivity contribution in [1.29, 1.82) is 0 Å². The highest BCUT2D eigenvalue weighted by atomic mass is 32.1. The number of carbonyl (C=O) groups excluding carboxylic acids is 1. The molecule has 0 unspecified atom stereocenters. The largest absolute Gasteiger partial charge is 0.368 e. The number of aryl methyl sites for hydroxylation is 2. The fraction of sp³-hybridized carbons (Fsp3) is 0.556. The van der Waals surface area contributed by atoms with Crippen molar-refractivity contribution >= 4 is 28.9 Å². The average Bonchev–Trinajstić information content (AvgIpc) is 3.12. The Bertz CT molecular complexity index is 621. The molecule has 2 aliphatic rings. The van der Waals surface area contributed by atoms with E-state index in [1.54, 1.807) is 0 Å². The van der Waals surface area contributed by atoms with Gasteiger partial charge in [0.1, 0.15) is 6.10 Å². The van der Waals surface area contributed by atoms with Gasteiger partial charge in [0.15, 0.2) is 5.11 Å². The third-order valence-corrected chi connectivity index (χ3v) is 5.08. The first kappa shape index (κ1) is 17.2. The van der Waals surface area contributed by atoms with E-state index >= 15 is 0 Å². The van der Waals surface area contributed by atoms with E-state index in [1.165, 1.54) is 11.1 Å². The lowest BCUT2D eigenvalue weighted by molar-refractivity contribution is -0.142. The van der Waals surface area contributed by atoms with E-state index < -0.39 is 0 Å². The molecule has 0 spiro atoms. The number of nitrogens with one attached hydrogen (secondary N) is 1. The van der Waals surface area contributed by atoms with Crippen molar-refractivity contribution in [3.63, 3.8) is 0 Å². The van der Waals surface area contributed by atoms with Crippen molar-refractivity contribution < 1.29 is 9.53 Å². The number of anilines is 1. The number of amides is 1. The maximum absolute atomic E-state index is 12.4. The van der Waals surface area contributed by atoms with Crippen molar-refractivity contribution in [2.75, 3.05) is 38.1 Å².